The van der Waals surface area contributed by atoms with E-state index in [1.54, 1.807) is 6.07 Å². The van der Waals surface area contributed by atoms with Gasteiger partial charge in [-0.2, -0.15) is 0 Å². The first-order valence-electron chi connectivity index (χ1n) is 5.04. The van der Waals surface area contributed by atoms with E-state index in [1.165, 1.54) is 6.07 Å². The first-order valence-corrected chi connectivity index (χ1v) is 5.04. The van der Waals surface area contributed by atoms with Gasteiger partial charge in [-0.1, -0.05) is 6.07 Å². The third-order valence-corrected chi connectivity index (χ3v) is 2.74. The summed E-state index contributed by atoms with van der Waals surface area (Å²) in [5, 5.41) is 12.4. The molecule has 4 heteroatoms. The van der Waals surface area contributed by atoms with Gasteiger partial charge in [0.2, 0.25) is 0 Å². The fourth-order valence-corrected chi connectivity index (χ4v) is 2.01. The molecule has 4 N–H and O–H groups in total. The molecule has 1 heterocycles. The van der Waals surface area contributed by atoms with Crippen molar-refractivity contribution in [2.75, 3.05) is 12.3 Å². The van der Waals surface area contributed by atoms with Crippen molar-refractivity contribution in [3.05, 3.63) is 29.3 Å². The van der Waals surface area contributed by atoms with Crippen LogP contribution in [0.4, 0.5) is 5.69 Å². The fraction of sp³-hybridized carbons (Fsp3) is 0.364. The molecule has 1 atom stereocenters. The molecule has 0 radical (unpaired) electrons. The SMILES string of the molecule is Nc1ccc([C@@H]2CCCN2)c(C(=O)O)c1. The van der Waals surface area contributed by atoms with Crippen molar-refractivity contribution in [3.63, 3.8) is 0 Å². The average molecular weight is 206 g/mol. The molecule has 0 bridgehead atoms. The Kier molecular flexibility index (Phi) is 2.60. The lowest BCUT2D eigenvalue weighted by molar-refractivity contribution is 0.0695. The lowest BCUT2D eigenvalue weighted by Crippen LogP contribution is -2.16. The molecule has 1 aliphatic rings. The molecular weight excluding hydrogens is 192 g/mol. The highest BCUT2D eigenvalue weighted by molar-refractivity contribution is 5.90. The molecule has 15 heavy (non-hydrogen) atoms. The van der Waals surface area contributed by atoms with Gasteiger partial charge in [0, 0.05) is 11.7 Å². The number of rotatable bonds is 2. The number of carboxylic acids is 1. The molecule has 1 saturated heterocycles. The smallest absolute Gasteiger partial charge is 0.336 e. The number of nitrogens with two attached hydrogens (primary N) is 1. The van der Waals surface area contributed by atoms with Crippen LogP contribution in [0.15, 0.2) is 18.2 Å². The maximum Gasteiger partial charge on any atom is 0.336 e. The van der Waals surface area contributed by atoms with Crippen LogP contribution < -0.4 is 11.1 Å². The van der Waals surface area contributed by atoms with Gasteiger partial charge >= 0.3 is 5.97 Å². The Labute approximate surface area is 88.1 Å². The van der Waals surface area contributed by atoms with Crippen molar-refractivity contribution in [1.82, 2.24) is 5.32 Å². The molecule has 0 aromatic heterocycles. The number of carbonyl (C=O) groups is 1. The van der Waals surface area contributed by atoms with E-state index in [0.717, 1.165) is 24.9 Å². The van der Waals surface area contributed by atoms with Crippen molar-refractivity contribution in [3.8, 4) is 0 Å². The van der Waals surface area contributed by atoms with Gasteiger partial charge in [0.1, 0.15) is 0 Å². The molecule has 1 aliphatic heterocycles. The summed E-state index contributed by atoms with van der Waals surface area (Å²) < 4.78 is 0. The van der Waals surface area contributed by atoms with Gasteiger partial charge in [0.25, 0.3) is 0 Å². The van der Waals surface area contributed by atoms with Gasteiger partial charge in [-0.05, 0) is 37.1 Å². The van der Waals surface area contributed by atoms with Crippen LogP contribution in [-0.4, -0.2) is 17.6 Å². The lowest BCUT2D eigenvalue weighted by atomic mass is 9.98. The van der Waals surface area contributed by atoms with Crippen LogP contribution in [0.5, 0.6) is 0 Å². The largest absolute Gasteiger partial charge is 0.478 e. The summed E-state index contributed by atoms with van der Waals surface area (Å²) in [4.78, 5) is 11.0. The van der Waals surface area contributed by atoms with Crippen LogP contribution in [0.3, 0.4) is 0 Å². The second-order valence-corrected chi connectivity index (χ2v) is 3.80. The Morgan fingerprint density at radius 3 is 2.93 bits per heavy atom. The number of aromatic carboxylic acids is 1. The van der Waals surface area contributed by atoms with Crippen LogP contribution >= 0.6 is 0 Å². The average Bonchev–Trinajstić information content (AvgIpc) is 2.70. The standard InChI is InChI=1S/C11H14N2O2/c12-7-3-4-8(9(6-7)11(14)15)10-2-1-5-13-10/h3-4,6,10,13H,1-2,5,12H2,(H,14,15)/t10-/m0/s1. The van der Waals surface area contributed by atoms with E-state index < -0.39 is 5.97 Å². The first-order chi connectivity index (χ1) is 7.18. The zero-order chi connectivity index (χ0) is 10.8. The van der Waals surface area contributed by atoms with E-state index >= 15 is 0 Å². The maximum absolute atomic E-state index is 11.0. The highest BCUT2D eigenvalue weighted by Crippen LogP contribution is 2.27. The van der Waals surface area contributed by atoms with Crippen molar-refractivity contribution in [1.29, 1.82) is 0 Å². The lowest BCUT2D eigenvalue weighted by Gasteiger charge is -2.13. The summed E-state index contributed by atoms with van der Waals surface area (Å²) in [6, 6.07) is 5.25. The summed E-state index contributed by atoms with van der Waals surface area (Å²) in [6.07, 6.45) is 2.08. The van der Waals surface area contributed by atoms with Crippen LogP contribution in [0.2, 0.25) is 0 Å². The Hall–Kier alpha value is -1.55. The van der Waals surface area contributed by atoms with Crippen LogP contribution in [0.1, 0.15) is 34.8 Å². The minimum atomic E-state index is -0.911. The number of benzene rings is 1. The highest BCUT2D eigenvalue weighted by atomic mass is 16.4. The first kappa shape index (κ1) is 9.98. The molecule has 0 unspecified atom stereocenters. The van der Waals surface area contributed by atoms with Gasteiger partial charge in [0.05, 0.1) is 5.56 Å². The zero-order valence-corrected chi connectivity index (χ0v) is 8.36. The molecule has 4 nitrogen and oxygen atoms in total. The van der Waals surface area contributed by atoms with Crippen molar-refractivity contribution in [2.24, 2.45) is 0 Å². The van der Waals surface area contributed by atoms with Crippen LogP contribution in [-0.2, 0) is 0 Å². The Morgan fingerprint density at radius 2 is 2.33 bits per heavy atom. The molecule has 0 aliphatic carbocycles. The number of anilines is 1. The minimum absolute atomic E-state index is 0.164. The van der Waals surface area contributed by atoms with Gasteiger partial charge < -0.3 is 16.2 Å². The number of carboxylic acid groups (broad SMARTS) is 1. The third-order valence-electron chi connectivity index (χ3n) is 2.74. The third kappa shape index (κ3) is 1.94. The van der Waals surface area contributed by atoms with Crippen molar-refractivity contribution < 1.29 is 9.90 Å². The van der Waals surface area contributed by atoms with E-state index in [2.05, 4.69) is 5.32 Å². The molecule has 80 valence electrons. The number of nitrogen functional groups attached to an aromatic ring is 1. The quantitative estimate of drug-likeness (QED) is 0.639. The normalized spacial score (nSPS) is 20.4. The number of hydrogen-bond acceptors (Lipinski definition) is 3. The maximum atomic E-state index is 11.0. The van der Waals surface area contributed by atoms with E-state index in [1.807, 2.05) is 6.07 Å². The van der Waals surface area contributed by atoms with Gasteiger partial charge in [-0.25, -0.2) is 4.79 Å². The molecule has 1 aromatic rings. The number of hydrogen-bond donors (Lipinski definition) is 3. The summed E-state index contributed by atoms with van der Waals surface area (Å²) in [5.41, 5.74) is 7.23. The van der Waals surface area contributed by atoms with E-state index in [0.29, 0.717) is 11.3 Å². The van der Waals surface area contributed by atoms with Crippen LogP contribution in [0.25, 0.3) is 0 Å². The number of nitrogens with one attached hydrogen (secondary N) is 1. The Balaban J connectivity index is 2.40. The Morgan fingerprint density at radius 1 is 1.53 bits per heavy atom. The van der Waals surface area contributed by atoms with Crippen molar-refractivity contribution in [2.45, 2.75) is 18.9 Å². The van der Waals surface area contributed by atoms with Gasteiger partial charge in [-0.3, -0.25) is 0 Å². The van der Waals surface area contributed by atoms with Crippen molar-refractivity contribution >= 4 is 11.7 Å². The predicted molar refractivity (Wildman–Crippen MR) is 57.8 cm³/mol. The van der Waals surface area contributed by atoms with Crippen LogP contribution in [0, 0.1) is 0 Å². The summed E-state index contributed by atoms with van der Waals surface area (Å²) in [6.45, 7) is 0.952. The van der Waals surface area contributed by atoms with Gasteiger partial charge in [-0.15, -0.1) is 0 Å². The molecule has 0 amide bonds. The minimum Gasteiger partial charge on any atom is -0.478 e. The molecular formula is C11H14N2O2. The summed E-state index contributed by atoms with van der Waals surface area (Å²) >= 11 is 0. The topological polar surface area (TPSA) is 75.3 Å². The second-order valence-electron chi connectivity index (χ2n) is 3.80. The highest BCUT2D eigenvalue weighted by Gasteiger charge is 2.21. The molecule has 0 spiro atoms. The zero-order valence-electron chi connectivity index (χ0n) is 8.36. The summed E-state index contributed by atoms with van der Waals surface area (Å²) in [5.74, 6) is -0.911. The monoisotopic (exact) mass is 206 g/mol. The van der Waals surface area contributed by atoms with E-state index in [9.17, 15) is 4.79 Å². The molecule has 2 rings (SSSR count). The van der Waals surface area contributed by atoms with E-state index in [4.69, 9.17) is 10.8 Å². The molecule has 0 saturated carbocycles. The Bertz CT molecular complexity index is 384. The van der Waals surface area contributed by atoms with Gasteiger partial charge in [0.15, 0.2) is 0 Å². The molecule has 1 aromatic carbocycles. The predicted octanol–water partition coefficient (Wildman–Crippen LogP) is 1.39. The molecule has 1 fully saturated rings. The second kappa shape index (κ2) is 3.90. The van der Waals surface area contributed by atoms with E-state index in [-0.39, 0.29) is 6.04 Å². The summed E-state index contributed by atoms with van der Waals surface area (Å²) in [7, 11) is 0. The fourth-order valence-electron chi connectivity index (χ4n) is 2.01.